The average Bonchev–Trinajstić information content (AvgIpc) is 2.52. The molecule has 0 aliphatic heterocycles. The van der Waals surface area contributed by atoms with Crippen molar-refractivity contribution in [1.29, 1.82) is 0 Å². The SMILES string of the molecule is CCCCc1ccccc1C(OC(=O)O)c1ccccc1. The highest BCUT2D eigenvalue weighted by Gasteiger charge is 2.20. The molecule has 1 N–H and O–H groups in total. The molecule has 0 aromatic heterocycles. The van der Waals surface area contributed by atoms with Gasteiger partial charge in [0.25, 0.3) is 0 Å². The third kappa shape index (κ3) is 4.09. The van der Waals surface area contributed by atoms with Crippen LogP contribution < -0.4 is 0 Å². The molecular weight excluding hydrogens is 264 g/mol. The van der Waals surface area contributed by atoms with Crippen LogP contribution in [0.15, 0.2) is 54.6 Å². The third-order valence-corrected chi connectivity index (χ3v) is 3.46. The summed E-state index contributed by atoms with van der Waals surface area (Å²) in [6, 6.07) is 17.4. The highest BCUT2D eigenvalue weighted by Crippen LogP contribution is 2.29. The largest absolute Gasteiger partial charge is 0.506 e. The van der Waals surface area contributed by atoms with Crippen molar-refractivity contribution in [2.24, 2.45) is 0 Å². The Morgan fingerprint density at radius 2 is 1.76 bits per heavy atom. The van der Waals surface area contributed by atoms with E-state index in [0.29, 0.717) is 0 Å². The lowest BCUT2D eigenvalue weighted by Gasteiger charge is -2.20. The Kier molecular flexibility index (Phi) is 5.38. The van der Waals surface area contributed by atoms with Gasteiger partial charge in [0.2, 0.25) is 0 Å². The minimum atomic E-state index is -1.26. The van der Waals surface area contributed by atoms with Crippen LogP contribution in [0.2, 0.25) is 0 Å². The molecule has 2 aromatic rings. The van der Waals surface area contributed by atoms with Crippen molar-refractivity contribution in [2.75, 3.05) is 0 Å². The molecule has 2 rings (SSSR count). The quantitative estimate of drug-likeness (QED) is 0.774. The molecule has 0 aliphatic rings. The normalized spacial score (nSPS) is 11.9. The summed E-state index contributed by atoms with van der Waals surface area (Å²) in [6.45, 7) is 2.14. The van der Waals surface area contributed by atoms with Gasteiger partial charge in [-0.25, -0.2) is 4.79 Å². The van der Waals surface area contributed by atoms with Gasteiger partial charge in [0.05, 0.1) is 0 Å². The van der Waals surface area contributed by atoms with Gasteiger partial charge in [-0.15, -0.1) is 0 Å². The number of hydrogen-bond acceptors (Lipinski definition) is 2. The fraction of sp³-hybridized carbons (Fsp3) is 0.278. The van der Waals surface area contributed by atoms with Crippen molar-refractivity contribution in [3.8, 4) is 0 Å². The molecule has 0 radical (unpaired) electrons. The predicted molar refractivity (Wildman–Crippen MR) is 82.4 cm³/mol. The van der Waals surface area contributed by atoms with Crippen LogP contribution in [0.1, 0.15) is 42.6 Å². The number of aryl methyl sites for hydroxylation is 1. The maximum absolute atomic E-state index is 11.1. The van der Waals surface area contributed by atoms with Gasteiger partial charge in [-0.3, -0.25) is 0 Å². The highest BCUT2D eigenvalue weighted by atomic mass is 16.7. The number of carbonyl (C=O) groups is 1. The van der Waals surface area contributed by atoms with Crippen LogP contribution in [0.4, 0.5) is 4.79 Å². The van der Waals surface area contributed by atoms with E-state index in [2.05, 4.69) is 6.92 Å². The molecule has 1 atom stereocenters. The zero-order valence-electron chi connectivity index (χ0n) is 12.2. The van der Waals surface area contributed by atoms with Gasteiger partial charge in [0.1, 0.15) is 0 Å². The predicted octanol–water partition coefficient (Wildman–Crippen LogP) is 4.81. The molecule has 3 heteroatoms. The molecule has 1 unspecified atom stereocenters. The first kappa shape index (κ1) is 15.1. The zero-order valence-corrected chi connectivity index (χ0v) is 12.2. The van der Waals surface area contributed by atoms with E-state index in [1.165, 1.54) is 0 Å². The number of benzene rings is 2. The number of ether oxygens (including phenoxy) is 1. The van der Waals surface area contributed by atoms with Gasteiger partial charge in [-0.1, -0.05) is 67.9 Å². The molecular formula is C18H20O3. The van der Waals surface area contributed by atoms with E-state index in [-0.39, 0.29) is 0 Å². The van der Waals surface area contributed by atoms with E-state index in [1.807, 2.05) is 54.6 Å². The molecule has 0 fully saturated rings. The van der Waals surface area contributed by atoms with Crippen LogP contribution in [-0.2, 0) is 11.2 Å². The Bertz CT molecular complexity index is 578. The van der Waals surface area contributed by atoms with Crippen LogP contribution in [0.5, 0.6) is 0 Å². The summed E-state index contributed by atoms with van der Waals surface area (Å²) in [7, 11) is 0. The second-order valence-electron chi connectivity index (χ2n) is 4.98. The van der Waals surface area contributed by atoms with Crippen molar-refractivity contribution in [3.05, 3.63) is 71.3 Å². The number of hydrogen-bond donors (Lipinski definition) is 1. The topological polar surface area (TPSA) is 46.5 Å². The highest BCUT2D eigenvalue weighted by molar-refractivity contribution is 5.58. The second-order valence-corrected chi connectivity index (χ2v) is 4.98. The van der Waals surface area contributed by atoms with Crippen molar-refractivity contribution in [3.63, 3.8) is 0 Å². The molecule has 3 nitrogen and oxygen atoms in total. The molecule has 0 spiro atoms. The smallest absolute Gasteiger partial charge is 0.450 e. The van der Waals surface area contributed by atoms with Crippen LogP contribution in [0.25, 0.3) is 0 Å². The number of carboxylic acid groups (broad SMARTS) is 1. The lowest BCUT2D eigenvalue weighted by atomic mass is 9.94. The van der Waals surface area contributed by atoms with Gasteiger partial charge in [0.15, 0.2) is 6.10 Å². The van der Waals surface area contributed by atoms with Crippen LogP contribution in [-0.4, -0.2) is 11.3 Å². The maximum atomic E-state index is 11.1. The van der Waals surface area contributed by atoms with E-state index in [9.17, 15) is 4.79 Å². The summed E-state index contributed by atoms with van der Waals surface area (Å²) >= 11 is 0. The molecule has 0 amide bonds. The van der Waals surface area contributed by atoms with Crippen LogP contribution in [0, 0.1) is 0 Å². The summed E-state index contributed by atoms with van der Waals surface area (Å²) in [5, 5.41) is 9.05. The standard InChI is InChI=1S/C18H20O3/c1-2-3-9-14-10-7-8-13-16(14)17(21-18(19)20)15-11-5-4-6-12-15/h4-8,10-13,17H,2-3,9H2,1H3,(H,19,20). The first-order valence-electron chi connectivity index (χ1n) is 7.24. The Morgan fingerprint density at radius 1 is 1.10 bits per heavy atom. The first-order chi connectivity index (χ1) is 10.2. The summed E-state index contributed by atoms with van der Waals surface area (Å²) in [5.41, 5.74) is 2.93. The van der Waals surface area contributed by atoms with E-state index < -0.39 is 12.3 Å². The van der Waals surface area contributed by atoms with Gasteiger partial charge in [-0.2, -0.15) is 0 Å². The third-order valence-electron chi connectivity index (χ3n) is 3.46. The molecule has 110 valence electrons. The molecule has 21 heavy (non-hydrogen) atoms. The summed E-state index contributed by atoms with van der Waals surface area (Å²) < 4.78 is 5.16. The molecule has 2 aromatic carbocycles. The van der Waals surface area contributed by atoms with Crippen molar-refractivity contribution in [2.45, 2.75) is 32.3 Å². The Hall–Kier alpha value is -2.29. The van der Waals surface area contributed by atoms with Crippen molar-refractivity contribution in [1.82, 2.24) is 0 Å². The molecule has 0 saturated heterocycles. The second kappa shape index (κ2) is 7.48. The Balaban J connectivity index is 2.39. The fourth-order valence-corrected chi connectivity index (χ4v) is 2.42. The molecule has 0 aliphatic carbocycles. The molecule has 0 heterocycles. The minimum absolute atomic E-state index is 0.572. The van der Waals surface area contributed by atoms with Crippen LogP contribution in [0.3, 0.4) is 0 Å². The van der Waals surface area contributed by atoms with Gasteiger partial charge in [0, 0.05) is 5.56 Å². The maximum Gasteiger partial charge on any atom is 0.506 e. The molecule has 0 bridgehead atoms. The Labute approximate surface area is 125 Å². The monoisotopic (exact) mass is 284 g/mol. The molecule has 0 saturated carbocycles. The first-order valence-corrected chi connectivity index (χ1v) is 7.24. The van der Waals surface area contributed by atoms with E-state index in [1.54, 1.807) is 0 Å². The van der Waals surface area contributed by atoms with Crippen molar-refractivity contribution >= 4 is 6.16 Å². The van der Waals surface area contributed by atoms with Gasteiger partial charge >= 0.3 is 6.16 Å². The summed E-state index contributed by atoms with van der Waals surface area (Å²) in [5.74, 6) is 0. The fourth-order valence-electron chi connectivity index (χ4n) is 2.42. The number of rotatable bonds is 6. The lowest BCUT2D eigenvalue weighted by Crippen LogP contribution is -2.12. The Morgan fingerprint density at radius 3 is 2.43 bits per heavy atom. The summed E-state index contributed by atoms with van der Waals surface area (Å²) in [4.78, 5) is 11.1. The van der Waals surface area contributed by atoms with Gasteiger partial charge < -0.3 is 9.84 Å². The van der Waals surface area contributed by atoms with Crippen molar-refractivity contribution < 1.29 is 14.6 Å². The van der Waals surface area contributed by atoms with E-state index in [0.717, 1.165) is 36.0 Å². The summed E-state index contributed by atoms with van der Waals surface area (Å²) in [6.07, 6.45) is 1.28. The van der Waals surface area contributed by atoms with Gasteiger partial charge in [-0.05, 0) is 24.0 Å². The van der Waals surface area contributed by atoms with E-state index in [4.69, 9.17) is 9.84 Å². The number of unbranched alkanes of at least 4 members (excludes halogenated alkanes) is 1. The lowest BCUT2D eigenvalue weighted by molar-refractivity contribution is 0.0660. The minimum Gasteiger partial charge on any atom is -0.450 e. The average molecular weight is 284 g/mol. The van der Waals surface area contributed by atoms with Crippen LogP contribution >= 0.6 is 0 Å². The zero-order chi connectivity index (χ0) is 15.1. The van der Waals surface area contributed by atoms with E-state index >= 15 is 0 Å².